The predicted octanol–water partition coefficient (Wildman–Crippen LogP) is 6.16. The van der Waals surface area contributed by atoms with Crippen molar-refractivity contribution in [1.29, 1.82) is 0 Å². The second-order valence-corrected chi connectivity index (χ2v) is 11.8. The number of halogens is 2. The maximum Gasteiger partial charge on any atom is 0.271 e. The molecule has 0 bridgehead atoms. The molecule has 6 nitrogen and oxygen atoms in total. The molecule has 222 valence electrons. The number of amides is 1. The third-order valence-electron chi connectivity index (χ3n) is 7.89. The Labute approximate surface area is 260 Å². The molecule has 9 heteroatoms. The summed E-state index contributed by atoms with van der Waals surface area (Å²) in [7, 11) is 0. The number of fused-ring (bicyclic) bond motifs is 2. The molecule has 0 radical (unpaired) electrons. The summed E-state index contributed by atoms with van der Waals surface area (Å²) in [5, 5.41) is 3.83. The van der Waals surface area contributed by atoms with Gasteiger partial charge in [0.25, 0.3) is 11.5 Å². The Morgan fingerprint density at radius 2 is 1.64 bits per heavy atom. The topological polar surface area (TPSA) is 68.4 Å². The van der Waals surface area contributed by atoms with E-state index >= 15 is 0 Å². The van der Waals surface area contributed by atoms with Gasteiger partial charge in [0, 0.05) is 33.9 Å². The normalized spacial score (nSPS) is 14.8. The summed E-state index contributed by atoms with van der Waals surface area (Å²) >= 11 is 1.22. The molecular formula is C36H26F2N4O2S. The number of carbonyl (C=O) groups excluding carboxylic acids is 1. The van der Waals surface area contributed by atoms with E-state index in [-0.39, 0.29) is 11.4 Å². The molecule has 1 aliphatic rings. The molecule has 45 heavy (non-hydrogen) atoms. The molecule has 0 aliphatic carbocycles. The Bertz CT molecular complexity index is 2300. The lowest BCUT2D eigenvalue weighted by Crippen LogP contribution is -2.40. The fraction of sp³-hybridized carbons (Fsp3) is 0.0833. The number of nitrogens with one attached hydrogen (secondary N) is 1. The van der Waals surface area contributed by atoms with Gasteiger partial charge in [-0.3, -0.25) is 14.2 Å². The first-order chi connectivity index (χ1) is 21.9. The van der Waals surface area contributed by atoms with Crippen LogP contribution in [0.3, 0.4) is 0 Å². The number of allylic oxidation sites excluding steroid dienone is 1. The molecule has 0 spiro atoms. The highest BCUT2D eigenvalue weighted by Gasteiger charge is 2.32. The summed E-state index contributed by atoms with van der Waals surface area (Å²) in [6, 6.07) is 28.5. The number of anilines is 1. The van der Waals surface area contributed by atoms with Crippen molar-refractivity contribution >= 4 is 39.9 Å². The van der Waals surface area contributed by atoms with E-state index in [2.05, 4.69) is 5.32 Å². The number of aromatic nitrogens is 2. The van der Waals surface area contributed by atoms with Gasteiger partial charge in [0.1, 0.15) is 11.6 Å². The molecule has 2 aromatic heterocycles. The first-order valence-electron chi connectivity index (χ1n) is 14.3. The minimum atomic E-state index is -0.824. The van der Waals surface area contributed by atoms with Gasteiger partial charge in [0.2, 0.25) is 0 Å². The monoisotopic (exact) mass is 616 g/mol. The van der Waals surface area contributed by atoms with E-state index in [9.17, 15) is 18.4 Å². The van der Waals surface area contributed by atoms with Crippen molar-refractivity contribution in [2.75, 3.05) is 5.32 Å². The van der Waals surface area contributed by atoms with Gasteiger partial charge in [-0.1, -0.05) is 78.1 Å². The Hall–Kier alpha value is -5.41. The zero-order valence-electron chi connectivity index (χ0n) is 24.1. The smallest absolute Gasteiger partial charge is 0.271 e. The Balaban J connectivity index is 1.36. The van der Waals surface area contributed by atoms with E-state index in [1.807, 2.05) is 59.3 Å². The van der Waals surface area contributed by atoms with Crippen LogP contribution in [0.1, 0.15) is 29.7 Å². The molecule has 1 atom stereocenters. The van der Waals surface area contributed by atoms with Crippen LogP contribution in [0.5, 0.6) is 0 Å². The standard InChI is InChI=1S/C36H26F2N4O2S/c1-22-32(34(43)40-27-10-3-2-4-11-27)33(23-15-17-26(37)18-16-23)42-35(44)31(45-36(42)39-22)19-25-21-41(30-14-8-6-12-28(25)30)20-24-9-5-7-13-29(24)38/h2-19,21,33H,20H2,1H3,(H,40,43)/b31-19+. The molecular weight excluding hydrogens is 590 g/mol. The van der Waals surface area contributed by atoms with Gasteiger partial charge in [0.15, 0.2) is 4.80 Å². The highest BCUT2D eigenvalue weighted by Crippen LogP contribution is 2.31. The lowest BCUT2D eigenvalue weighted by Gasteiger charge is -2.25. The first kappa shape index (κ1) is 28.4. The van der Waals surface area contributed by atoms with Crippen molar-refractivity contribution in [2.45, 2.75) is 19.5 Å². The Kier molecular flexibility index (Phi) is 7.31. The molecule has 1 N–H and O–H groups in total. The van der Waals surface area contributed by atoms with Crippen LogP contribution in [0.2, 0.25) is 0 Å². The molecule has 1 unspecified atom stereocenters. The van der Waals surface area contributed by atoms with Crippen molar-refractivity contribution in [3.63, 3.8) is 0 Å². The van der Waals surface area contributed by atoms with E-state index in [4.69, 9.17) is 4.99 Å². The molecule has 0 saturated heterocycles. The molecule has 4 aromatic carbocycles. The fourth-order valence-electron chi connectivity index (χ4n) is 5.76. The number of benzene rings is 4. The lowest BCUT2D eigenvalue weighted by molar-refractivity contribution is -0.113. The molecule has 7 rings (SSSR count). The van der Waals surface area contributed by atoms with E-state index in [1.54, 1.807) is 49.4 Å². The number of hydrogen-bond donors (Lipinski definition) is 1. The van der Waals surface area contributed by atoms with Crippen molar-refractivity contribution in [3.8, 4) is 0 Å². The fourth-order valence-corrected chi connectivity index (χ4v) is 6.80. The van der Waals surface area contributed by atoms with E-state index < -0.39 is 17.8 Å². The third kappa shape index (κ3) is 5.32. The van der Waals surface area contributed by atoms with E-state index in [1.165, 1.54) is 34.1 Å². The molecule has 3 heterocycles. The van der Waals surface area contributed by atoms with Crippen LogP contribution in [0.4, 0.5) is 14.5 Å². The Morgan fingerprint density at radius 3 is 2.42 bits per heavy atom. The average Bonchev–Trinajstić information content (AvgIpc) is 3.54. The molecule has 0 saturated carbocycles. The van der Waals surface area contributed by atoms with Gasteiger partial charge in [0.05, 0.1) is 28.4 Å². The van der Waals surface area contributed by atoms with Crippen LogP contribution < -0.4 is 20.2 Å². The second-order valence-electron chi connectivity index (χ2n) is 10.8. The highest BCUT2D eigenvalue weighted by atomic mass is 32.1. The number of hydrogen-bond acceptors (Lipinski definition) is 4. The maximum atomic E-state index is 14.5. The first-order valence-corrected chi connectivity index (χ1v) is 15.1. The Morgan fingerprint density at radius 1 is 0.933 bits per heavy atom. The maximum absolute atomic E-state index is 14.5. The average molecular weight is 617 g/mol. The number of thiazole rings is 1. The van der Waals surface area contributed by atoms with Crippen molar-refractivity contribution < 1.29 is 13.6 Å². The summed E-state index contributed by atoms with van der Waals surface area (Å²) in [4.78, 5) is 33.0. The number of nitrogens with zero attached hydrogens (tertiary/aromatic N) is 3. The number of para-hydroxylation sites is 2. The summed E-state index contributed by atoms with van der Waals surface area (Å²) in [6.45, 7) is 2.07. The van der Waals surface area contributed by atoms with Gasteiger partial charge in [-0.15, -0.1) is 0 Å². The minimum Gasteiger partial charge on any atom is -0.342 e. The largest absolute Gasteiger partial charge is 0.342 e. The summed E-state index contributed by atoms with van der Waals surface area (Å²) in [6.07, 6.45) is 3.73. The van der Waals surface area contributed by atoms with Crippen LogP contribution in [0.15, 0.2) is 130 Å². The van der Waals surface area contributed by atoms with Crippen molar-refractivity contribution in [1.82, 2.24) is 9.13 Å². The second kappa shape index (κ2) is 11.6. The molecule has 6 aromatic rings. The van der Waals surface area contributed by atoms with Crippen molar-refractivity contribution in [3.05, 3.63) is 169 Å². The van der Waals surface area contributed by atoms with Gasteiger partial charge >= 0.3 is 0 Å². The van der Waals surface area contributed by atoms with Crippen molar-refractivity contribution in [2.24, 2.45) is 4.99 Å². The lowest BCUT2D eigenvalue weighted by atomic mass is 9.95. The third-order valence-corrected chi connectivity index (χ3v) is 8.87. The number of carbonyl (C=O) groups is 1. The summed E-state index contributed by atoms with van der Waals surface area (Å²) < 4.78 is 32.4. The zero-order valence-corrected chi connectivity index (χ0v) is 24.9. The zero-order chi connectivity index (χ0) is 31.1. The van der Waals surface area contributed by atoms with E-state index in [0.29, 0.717) is 44.0 Å². The quantitative estimate of drug-likeness (QED) is 0.244. The molecule has 1 amide bonds. The minimum absolute atomic E-state index is 0.284. The van der Waals surface area contributed by atoms with Gasteiger partial charge in [-0.05, 0) is 55.0 Å². The van der Waals surface area contributed by atoms with Crippen LogP contribution in [0.25, 0.3) is 17.0 Å². The highest BCUT2D eigenvalue weighted by molar-refractivity contribution is 7.07. The van der Waals surface area contributed by atoms with Crippen LogP contribution in [0, 0.1) is 11.6 Å². The van der Waals surface area contributed by atoms with Crippen LogP contribution >= 0.6 is 11.3 Å². The van der Waals surface area contributed by atoms with E-state index in [0.717, 1.165) is 16.5 Å². The van der Waals surface area contributed by atoms with Crippen LogP contribution in [-0.4, -0.2) is 15.0 Å². The molecule has 1 aliphatic heterocycles. The van der Waals surface area contributed by atoms with Gasteiger partial charge in [-0.2, -0.15) is 0 Å². The van der Waals surface area contributed by atoms with Gasteiger partial charge in [-0.25, -0.2) is 13.8 Å². The molecule has 0 fully saturated rings. The van der Waals surface area contributed by atoms with Crippen LogP contribution in [-0.2, 0) is 11.3 Å². The predicted molar refractivity (Wildman–Crippen MR) is 173 cm³/mol. The SMILES string of the molecule is CC1=C(C(=O)Nc2ccccc2)C(c2ccc(F)cc2)n2c(s/c(=C/c3cn(Cc4ccccc4F)c4ccccc34)c2=O)=N1. The van der Waals surface area contributed by atoms with Gasteiger partial charge < -0.3 is 9.88 Å². The summed E-state index contributed by atoms with van der Waals surface area (Å²) in [5.41, 5.74) is 3.88. The summed E-state index contributed by atoms with van der Waals surface area (Å²) in [5.74, 6) is -1.11. The number of rotatable bonds is 6.